The molecule has 1 aliphatic heterocycles. The Morgan fingerprint density at radius 3 is 2.62 bits per heavy atom. The van der Waals surface area contributed by atoms with Gasteiger partial charge in [-0.05, 0) is 82.1 Å². The Labute approximate surface area is 205 Å². The second-order valence-electron chi connectivity index (χ2n) is 9.51. The summed E-state index contributed by atoms with van der Waals surface area (Å²) in [5.41, 5.74) is 3.00. The van der Waals surface area contributed by atoms with Crippen LogP contribution in [0.5, 0.6) is 0 Å². The minimum Gasteiger partial charge on any atom is -0.356 e. The number of nitrogens with zero attached hydrogens (tertiary/aromatic N) is 2. The van der Waals surface area contributed by atoms with Crippen LogP contribution in [-0.4, -0.2) is 41.3 Å². The van der Waals surface area contributed by atoms with Gasteiger partial charge in [-0.25, -0.2) is 9.37 Å². The first-order valence-corrected chi connectivity index (χ1v) is 13.2. The van der Waals surface area contributed by atoms with Gasteiger partial charge in [0.15, 0.2) is 0 Å². The highest BCUT2D eigenvalue weighted by Gasteiger charge is 2.31. The molecule has 182 valence electrons. The number of halogens is 1. The quantitative estimate of drug-likeness (QED) is 0.510. The molecule has 1 aromatic heterocycles. The number of rotatable bonds is 7. The number of thiazole rings is 1. The van der Waals surface area contributed by atoms with E-state index in [1.54, 1.807) is 12.1 Å². The third-order valence-electron chi connectivity index (χ3n) is 7.16. The van der Waals surface area contributed by atoms with E-state index in [1.165, 1.54) is 54.7 Å². The van der Waals surface area contributed by atoms with Crippen LogP contribution in [0.4, 0.5) is 4.39 Å². The molecule has 0 radical (unpaired) electrons. The van der Waals surface area contributed by atoms with Gasteiger partial charge in [0.25, 0.3) is 5.91 Å². The zero-order chi connectivity index (χ0) is 24.1. The minimum atomic E-state index is -0.291. The van der Waals surface area contributed by atoms with Gasteiger partial charge < -0.3 is 10.2 Å². The fourth-order valence-corrected chi connectivity index (χ4v) is 5.95. The third kappa shape index (κ3) is 5.93. The zero-order valence-electron chi connectivity index (χ0n) is 20.1. The lowest BCUT2D eigenvalue weighted by molar-refractivity contribution is -0.126. The van der Waals surface area contributed by atoms with Gasteiger partial charge in [0.2, 0.25) is 5.91 Å². The minimum absolute atomic E-state index is 0.000303. The van der Waals surface area contributed by atoms with Crippen molar-refractivity contribution in [3.63, 3.8) is 0 Å². The molecule has 7 heteroatoms. The van der Waals surface area contributed by atoms with Crippen molar-refractivity contribution < 1.29 is 14.0 Å². The normalized spacial score (nSPS) is 17.9. The Morgan fingerprint density at radius 1 is 1.21 bits per heavy atom. The number of allylic oxidation sites excluding steroid dienone is 1. The summed E-state index contributed by atoms with van der Waals surface area (Å²) in [5, 5.41) is 3.85. The van der Waals surface area contributed by atoms with Crippen molar-refractivity contribution in [2.24, 2.45) is 11.8 Å². The second kappa shape index (κ2) is 11.3. The van der Waals surface area contributed by atoms with Crippen LogP contribution >= 0.6 is 11.3 Å². The number of aryl methyl sites for hydroxylation is 1. The van der Waals surface area contributed by atoms with Crippen LogP contribution in [0.25, 0.3) is 10.6 Å². The fourth-order valence-electron chi connectivity index (χ4n) is 4.91. The van der Waals surface area contributed by atoms with Gasteiger partial charge in [0.1, 0.15) is 15.7 Å². The molecule has 1 saturated heterocycles. The predicted molar refractivity (Wildman–Crippen MR) is 134 cm³/mol. The van der Waals surface area contributed by atoms with Gasteiger partial charge in [0.05, 0.1) is 5.69 Å². The van der Waals surface area contributed by atoms with Crippen LogP contribution in [0.15, 0.2) is 35.9 Å². The highest BCUT2D eigenvalue weighted by atomic mass is 32.1. The summed E-state index contributed by atoms with van der Waals surface area (Å²) in [6.07, 6.45) is 9.84. The topological polar surface area (TPSA) is 62.3 Å². The SMILES string of the molecule is Cc1nc(-c2ccc(F)cc2)sc1C(=O)N1CCC(C(C)C(=O)NCCC2=CCCCC2)CC1. The van der Waals surface area contributed by atoms with E-state index in [0.717, 1.165) is 29.8 Å². The Bertz CT molecular complexity index is 1040. The number of amides is 2. The summed E-state index contributed by atoms with van der Waals surface area (Å²) >= 11 is 1.36. The number of carbonyl (C=O) groups is 2. The van der Waals surface area contributed by atoms with Gasteiger partial charge >= 0.3 is 0 Å². The van der Waals surface area contributed by atoms with E-state index >= 15 is 0 Å². The van der Waals surface area contributed by atoms with Crippen molar-refractivity contribution in [3.8, 4) is 10.6 Å². The van der Waals surface area contributed by atoms with Crippen LogP contribution in [0.3, 0.4) is 0 Å². The Morgan fingerprint density at radius 2 is 1.94 bits per heavy atom. The lowest BCUT2D eigenvalue weighted by Crippen LogP contribution is -2.42. The molecule has 2 aromatic rings. The maximum Gasteiger partial charge on any atom is 0.265 e. The number of likely N-dealkylation sites (tertiary alicyclic amines) is 1. The van der Waals surface area contributed by atoms with Crippen LogP contribution < -0.4 is 5.32 Å². The number of aromatic nitrogens is 1. The number of hydrogen-bond acceptors (Lipinski definition) is 4. The molecule has 1 fully saturated rings. The standard InChI is InChI=1S/C27H34FN3O2S/c1-18(25(32)29-15-12-20-6-4-3-5-7-20)21-13-16-31(17-14-21)27(33)24-19(2)30-26(34-24)22-8-10-23(28)11-9-22/h6,8-11,18,21H,3-5,7,12-17H2,1-2H3,(H,29,32). The lowest BCUT2D eigenvalue weighted by atomic mass is 9.84. The first kappa shape index (κ1) is 24.6. The predicted octanol–water partition coefficient (Wildman–Crippen LogP) is 5.75. The van der Waals surface area contributed by atoms with Gasteiger partial charge in [0, 0.05) is 31.1 Å². The molecule has 34 heavy (non-hydrogen) atoms. The molecule has 2 amide bonds. The number of nitrogens with one attached hydrogen (secondary N) is 1. The van der Waals surface area contributed by atoms with E-state index in [0.29, 0.717) is 30.2 Å². The van der Waals surface area contributed by atoms with Crippen molar-refractivity contribution in [2.45, 2.75) is 58.8 Å². The molecule has 2 aliphatic rings. The van der Waals surface area contributed by atoms with E-state index in [9.17, 15) is 14.0 Å². The molecule has 0 bridgehead atoms. The van der Waals surface area contributed by atoms with Crippen molar-refractivity contribution >= 4 is 23.2 Å². The van der Waals surface area contributed by atoms with Crippen LogP contribution in [0.2, 0.25) is 0 Å². The molecular formula is C27H34FN3O2S. The van der Waals surface area contributed by atoms with Gasteiger partial charge in [-0.1, -0.05) is 18.6 Å². The summed E-state index contributed by atoms with van der Waals surface area (Å²) in [6, 6.07) is 6.18. The highest BCUT2D eigenvalue weighted by molar-refractivity contribution is 7.17. The monoisotopic (exact) mass is 483 g/mol. The number of carbonyl (C=O) groups excluding carboxylic acids is 2. The van der Waals surface area contributed by atoms with E-state index in [4.69, 9.17) is 0 Å². The Hall–Kier alpha value is -2.54. The zero-order valence-corrected chi connectivity index (χ0v) is 20.9. The summed E-state index contributed by atoms with van der Waals surface area (Å²) in [7, 11) is 0. The number of benzene rings is 1. The molecule has 1 atom stereocenters. The van der Waals surface area contributed by atoms with Crippen molar-refractivity contribution in [3.05, 3.63) is 52.3 Å². The van der Waals surface area contributed by atoms with E-state index in [-0.39, 0.29) is 29.5 Å². The largest absolute Gasteiger partial charge is 0.356 e. The maximum absolute atomic E-state index is 13.2. The summed E-state index contributed by atoms with van der Waals surface area (Å²) in [5.74, 6) is 0.0758. The summed E-state index contributed by atoms with van der Waals surface area (Å²) in [4.78, 5) is 32.9. The lowest BCUT2D eigenvalue weighted by Gasteiger charge is -2.34. The van der Waals surface area contributed by atoms with Crippen LogP contribution in [0, 0.1) is 24.6 Å². The van der Waals surface area contributed by atoms with E-state index < -0.39 is 0 Å². The van der Waals surface area contributed by atoms with Gasteiger partial charge in [-0.15, -0.1) is 11.3 Å². The smallest absolute Gasteiger partial charge is 0.265 e. The molecular weight excluding hydrogens is 449 g/mol. The number of hydrogen-bond donors (Lipinski definition) is 1. The van der Waals surface area contributed by atoms with E-state index in [2.05, 4.69) is 16.4 Å². The molecule has 1 aliphatic carbocycles. The van der Waals surface area contributed by atoms with Crippen LogP contribution in [-0.2, 0) is 4.79 Å². The van der Waals surface area contributed by atoms with Crippen molar-refractivity contribution in [1.29, 1.82) is 0 Å². The Kier molecular flexibility index (Phi) is 8.14. The molecule has 0 spiro atoms. The molecule has 1 unspecified atom stereocenters. The molecule has 4 rings (SSSR count). The van der Waals surface area contributed by atoms with Gasteiger partial charge in [-0.3, -0.25) is 9.59 Å². The molecule has 1 N–H and O–H groups in total. The first-order chi connectivity index (χ1) is 16.4. The molecule has 5 nitrogen and oxygen atoms in total. The van der Waals surface area contributed by atoms with Crippen molar-refractivity contribution in [1.82, 2.24) is 15.2 Å². The first-order valence-electron chi connectivity index (χ1n) is 12.4. The second-order valence-corrected chi connectivity index (χ2v) is 10.5. The maximum atomic E-state index is 13.2. The van der Waals surface area contributed by atoms with Crippen LogP contribution in [0.1, 0.15) is 67.2 Å². The molecule has 0 saturated carbocycles. The Balaban J connectivity index is 1.27. The molecule has 2 heterocycles. The third-order valence-corrected chi connectivity index (χ3v) is 8.35. The summed E-state index contributed by atoms with van der Waals surface area (Å²) in [6.45, 7) is 5.88. The average Bonchev–Trinajstić information content (AvgIpc) is 3.25. The highest BCUT2D eigenvalue weighted by Crippen LogP contribution is 2.31. The average molecular weight is 484 g/mol. The van der Waals surface area contributed by atoms with Gasteiger partial charge in [-0.2, -0.15) is 0 Å². The number of piperidine rings is 1. The molecule has 1 aromatic carbocycles. The van der Waals surface area contributed by atoms with E-state index in [1.807, 2.05) is 18.7 Å². The fraction of sp³-hybridized carbons (Fsp3) is 0.519. The van der Waals surface area contributed by atoms with Crippen molar-refractivity contribution in [2.75, 3.05) is 19.6 Å². The summed E-state index contributed by atoms with van der Waals surface area (Å²) < 4.78 is 13.2.